The molecular formula is C9H11N5O. The van der Waals surface area contributed by atoms with Crippen molar-refractivity contribution in [2.75, 3.05) is 0 Å². The topological polar surface area (TPSA) is 65.6 Å². The Morgan fingerprint density at radius 1 is 1.47 bits per heavy atom. The molecule has 0 aliphatic carbocycles. The molecule has 0 atom stereocenters. The predicted molar refractivity (Wildman–Crippen MR) is 52.3 cm³/mol. The molecule has 0 spiro atoms. The van der Waals surface area contributed by atoms with Gasteiger partial charge in [-0.2, -0.15) is 5.10 Å². The SMILES string of the molecule is Cn1cc(CCn2cc(C=O)nn2)cn1. The van der Waals surface area contributed by atoms with Crippen molar-refractivity contribution < 1.29 is 4.79 Å². The van der Waals surface area contributed by atoms with Crippen molar-refractivity contribution >= 4 is 6.29 Å². The Labute approximate surface area is 86.5 Å². The summed E-state index contributed by atoms with van der Waals surface area (Å²) in [5.41, 5.74) is 1.50. The summed E-state index contributed by atoms with van der Waals surface area (Å²) < 4.78 is 3.41. The van der Waals surface area contributed by atoms with Crippen LogP contribution in [0.25, 0.3) is 0 Å². The molecule has 0 unspecified atom stereocenters. The van der Waals surface area contributed by atoms with E-state index >= 15 is 0 Å². The van der Waals surface area contributed by atoms with Gasteiger partial charge in [-0.25, -0.2) is 0 Å². The lowest BCUT2D eigenvalue weighted by molar-refractivity contribution is 0.111. The van der Waals surface area contributed by atoms with Crippen molar-refractivity contribution in [1.29, 1.82) is 0 Å². The fourth-order valence-corrected chi connectivity index (χ4v) is 1.32. The van der Waals surface area contributed by atoms with Crippen molar-refractivity contribution in [3.63, 3.8) is 0 Å². The van der Waals surface area contributed by atoms with Gasteiger partial charge in [-0.15, -0.1) is 5.10 Å². The molecule has 0 aliphatic heterocycles. The molecule has 0 aliphatic rings. The number of nitrogens with zero attached hydrogens (tertiary/aromatic N) is 5. The number of aldehydes is 1. The van der Waals surface area contributed by atoms with Gasteiger partial charge in [0, 0.05) is 19.8 Å². The fraction of sp³-hybridized carbons (Fsp3) is 0.333. The Bertz CT molecular complexity index is 459. The summed E-state index contributed by atoms with van der Waals surface area (Å²) in [6.45, 7) is 0.701. The van der Waals surface area contributed by atoms with E-state index in [-0.39, 0.29) is 0 Å². The smallest absolute Gasteiger partial charge is 0.171 e. The Kier molecular flexibility index (Phi) is 2.57. The summed E-state index contributed by atoms with van der Waals surface area (Å²) in [4.78, 5) is 10.4. The van der Waals surface area contributed by atoms with Gasteiger partial charge in [-0.3, -0.25) is 14.2 Å². The first-order valence-corrected chi connectivity index (χ1v) is 4.61. The molecule has 0 aromatic carbocycles. The quantitative estimate of drug-likeness (QED) is 0.662. The van der Waals surface area contributed by atoms with E-state index < -0.39 is 0 Å². The highest BCUT2D eigenvalue weighted by atomic mass is 16.1. The summed E-state index contributed by atoms with van der Waals surface area (Å²) >= 11 is 0. The van der Waals surface area contributed by atoms with Gasteiger partial charge >= 0.3 is 0 Å². The number of carbonyl (C=O) groups excluding carboxylic acids is 1. The molecule has 0 radical (unpaired) electrons. The third-order valence-electron chi connectivity index (χ3n) is 2.07. The highest BCUT2D eigenvalue weighted by Gasteiger charge is 2.00. The molecule has 2 aromatic heterocycles. The van der Waals surface area contributed by atoms with Gasteiger partial charge in [0.05, 0.1) is 12.4 Å². The zero-order chi connectivity index (χ0) is 10.7. The van der Waals surface area contributed by atoms with Gasteiger partial charge in [0.2, 0.25) is 0 Å². The van der Waals surface area contributed by atoms with Crippen LogP contribution < -0.4 is 0 Å². The normalized spacial score (nSPS) is 10.5. The Hall–Kier alpha value is -1.98. The average Bonchev–Trinajstić information content (AvgIpc) is 2.83. The monoisotopic (exact) mass is 205 g/mol. The van der Waals surface area contributed by atoms with E-state index in [1.165, 1.54) is 0 Å². The van der Waals surface area contributed by atoms with E-state index in [0.717, 1.165) is 12.0 Å². The molecule has 6 heteroatoms. The highest BCUT2D eigenvalue weighted by Crippen LogP contribution is 1.99. The van der Waals surface area contributed by atoms with E-state index in [1.54, 1.807) is 15.6 Å². The zero-order valence-corrected chi connectivity index (χ0v) is 8.37. The number of carbonyl (C=O) groups is 1. The van der Waals surface area contributed by atoms with Gasteiger partial charge in [-0.1, -0.05) is 5.21 Å². The Morgan fingerprint density at radius 2 is 2.33 bits per heavy atom. The second-order valence-corrected chi connectivity index (χ2v) is 3.30. The number of aromatic nitrogens is 5. The van der Waals surface area contributed by atoms with Crippen LogP contribution in [-0.4, -0.2) is 31.1 Å². The van der Waals surface area contributed by atoms with Crippen molar-refractivity contribution in [3.8, 4) is 0 Å². The first-order chi connectivity index (χ1) is 7.28. The van der Waals surface area contributed by atoms with E-state index in [4.69, 9.17) is 0 Å². The maximum absolute atomic E-state index is 10.4. The van der Waals surface area contributed by atoms with E-state index in [0.29, 0.717) is 18.5 Å². The fourth-order valence-electron chi connectivity index (χ4n) is 1.32. The Balaban J connectivity index is 1.95. The van der Waals surface area contributed by atoms with E-state index in [2.05, 4.69) is 15.4 Å². The molecule has 0 saturated carbocycles. The first-order valence-electron chi connectivity index (χ1n) is 4.61. The predicted octanol–water partition coefficient (Wildman–Crippen LogP) is 0.0668. The van der Waals surface area contributed by atoms with Crippen LogP contribution in [0, 0.1) is 0 Å². The van der Waals surface area contributed by atoms with Crippen LogP contribution in [0.2, 0.25) is 0 Å². The number of aryl methyl sites for hydroxylation is 3. The average molecular weight is 205 g/mol. The third kappa shape index (κ3) is 2.28. The summed E-state index contributed by atoms with van der Waals surface area (Å²) in [7, 11) is 1.88. The van der Waals surface area contributed by atoms with Crippen LogP contribution in [0.15, 0.2) is 18.6 Å². The minimum atomic E-state index is 0.362. The molecule has 2 aromatic rings. The first kappa shape index (κ1) is 9.57. The van der Waals surface area contributed by atoms with Gasteiger partial charge in [0.15, 0.2) is 6.29 Å². The maximum Gasteiger partial charge on any atom is 0.171 e. The number of hydrogen-bond donors (Lipinski definition) is 0. The molecule has 0 fully saturated rings. The lowest BCUT2D eigenvalue weighted by atomic mass is 10.2. The summed E-state index contributed by atoms with van der Waals surface area (Å²) in [6, 6.07) is 0. The molecular weight excluding hydrogens is 194 g/mol. The second-order valence-electron chi connectivity index (χ2n) is 3.30. The van der Waals surface area contributed by atoms with Gasteiger partial charge in [0.25, 0.3) is 0 Å². The molecule has 0 amide bonds. The molecule has 6 nitrogen and oxygen atoms in total. The van der Waals surface area contributed by atoms with Crippen molar-refractivity contribution in [1.82, 2.24) is 24.8 Å². The van der Waals surface area contributed by atoms with Crippen molar-refractivity contribution in [2.24, 2.45) is 7.05 Å². The Morgan fingerprint density at radius 3 is 2.93 bits per heavy atom. The van der Waals surface area contributed by atoms with Gasteiger partial charge in [-0.05, 0) is 12.0 Å². The number of hydrogen-bond acceptors (Lipinski definition) is 4. The highest BCUT2D eigenvalue weighted by molar-refractivity contribution is 5.70. The minimum Gasteiger partial charge on any atom is -0.296 e. The van der Waals surface area contributed by atoms with Crippen LogP contribution in [0.1, 0.15) is 16.1 Å². The van der Waals surface area contributed by atoms with E-state index in [9.17, 15) is 4.79 Å². The van der Waals surface area contributed by atoms with Crippen LogP contribution >= 0.6 is 0 Å². The third-order valence-corrected chi connectivity index (χ3v) is 2.07. The second kappa shape index (κ2) is 4.04. The molecule has 0 bridgehead atoms. The largest absolute Gasteiger partial charge is 0.296 e. The van der Waals surface area contributed by atoms with Gasteiger partial charge < -0.3 is 0 Å². The van der Waals surface area contributed by atoms with E-state index in [1.807, 2.05) is 19.4 Å². The molecule has 0 N–H and O–H groups in total. The van der Waals surface area contributed by atoms with Crippen molar-refractivity contribution in [2.45, 2.75) is 13.0 Å². The molecule has 2 rings (SSSR count). The molecule has 78 valence electrons. The maximum atomic E-state index is 10.4. The molecule has 0 saturated heterocycles. The lowest BCUT2D eigenvalue weighted by Crippen LogP contribution is -2.01. The summed E-state index contributed by atoms with van der Waals surface area (Å²) in [5, 5.41) is 11.6. The van der Waals surface area contributed by atoms with Crippen molar-refractivity contribution in [3.05, 3.63) is 29.8 Å². The van der Waals surface area contributed by atoms with Gasteiger partial charge in [0.1, 0.15) is 5.69 Å². The number of rotatable bonds is 4. The molecule has 2 heterocycles. The summed E-state index contributed by atoms with van der Waals surface area (Å²) in [6.07, 6.45) is 6.92. The van der Waals surface area contributed by atoms with Crippen LogP contribution in [0.5, 0.6) is 0 Å². The standard InChI is InChI=1S/C9H11N5O/c1-13-5-8(4-10-13)2-3-14-6-9(7-15)11-12-14/h4-7H,2-3H2,1H3. The van der Waals surface area contributed by atoms with Crippen LogP contribution in [-0.2, 0) is 20.0 Å². The molecule has 15 heavy (non-hydrogen) atoms. The summed E-state index contributed by atoms with van der Waals surface area (Å²) in [5.74, 6) is 0. The zero-order valence-electron chi connectivity index (χ0n) is 8.37. The minimum absolute atomic E-state index is 0.362. The van der Waals surface area contributed by atoms with Crippen LogP contribution in [0.3, 0.4) is 0 Å². The van der Waals surface area contributed by atoms with Crippen LogP contribution in [0.4, 0.5) is 0 Å². The lowest BCUT2D eigenvalue weighted by Gasteiger charge is -1.96.